The molecule has 0 atom stereocenters. The predicted octanol–water partition coefficient (Wildman–Crippen LogP) is 6.15. The Bertz CT molecular complexity index is 909. The summed E-state index contributed by atoms with van der Waals surface area (Å²) in [7, 11) is 0. The highest BCUT2D eigenvalue weighted by Crippen LogP contribution is 2.44. The zero-order valence-electron chi connectivity index (χ0n) is 21.2. The van der Waals surface area contributed by atoms with Gasteiger partial charge < -0.3 is 19.4 Å². The third kappa shape index (κ3) is 4.90. The van der Waals surface area contributed by atoms with Gasteiger partial charge in [0.25, 0.3) is 0 Å². The monoisotopic (exact) mass is 456 g/mol. The van der Waals surface area contributed by atoms with Crippen molar-refractivity contribution in [3.8, 4) is 0 Å². The van der Waals surface area contributed by atoms with Crippen molar-refractivity contribution >= 4 is 11.9 Å². The Labute approximate surface area is 197 Å². The Kier molecular flexibility index (Phi) is 8.44. The Morgan fingerprint density at radius 1 is 0.788 bits per heavy atom. The van der Waals surface area contributed by atoms with Crippen LogP contribution in [0.2, 0.25) is 0 Å². The number of carbonyl (C=O) groups is 2. The fourth-order valence-electron chi connectivity index (χ4n) is 5.65. The molecule has 0 radical (unpaired) electrons. The van der Waals surface area contributed by atoms with E-state index in [0.29, 0.717) is 30.5 Å². The fourth-order valence-corrected chi connectivity index (χ4v) is 5.65. The van der Waals surface area contributed by atoms with E-state index < -0.39 is 0 Å². The van der Waals surface area contributed by atoms with Crippen molar-refractivity contribution in [2.45, 2.75) is 92.4 Å². The van der Waals surface area contributed by atoms with Gasteiger partial charge in [-0.2, -0.15) is 0 Å². The van der Waals surface area contributed by atoms with Gasteiger partial charge in [-0.1, -0.05) is 33.1 Å². The summed E-state index contributed by atoms with van der Waals surface area (Å²) in [5.41, 5.74) is 7.58. The van der Waals surface area contributed by atoms with E-state index in [0.717, 1.165) is 59.3 Å². The molecule has 1 aliphatic carbocycles. The molecule has 1 saturated carbocycles. The van der Waals surface area contributed by atoms with E-state index in [9.17, 15) is 9.59 Å². The zero-order valence-corrected chi connectivity index (χ0v) is 21.2. The normalized spacial score (nSPS) is 14.6. The summed E-state index contributed by atoms with van der Waals surface area (Å²) in [6.45, 7) is 12.7. The number of H-pyrrole nitrogens is 2. The summed E-state index contributed by atoms with van der Waals surface area (Å²) < 4.78 is 10.7. The second-order valence-corrected chi connectivity index (χ2v) is 9.06. The molecule has 3 rings (SSSR count). The van der Waals surface area contributed by atoms with E-state index in [1.165, 1.54) is 19.3 Å². The van der Waals surface area contributed by atoms with Gasteiger partial charge in [-0.25, -0.2) is 9.59 Å². The van der Waals surface area contributed by atoms with Crippen LogP contribution in [0, 0.1) is 19.8 Å². The van der Waals surface area contributed by atoms with Gasteiger partial charge in [-0.15, -0.1) is 0 Å². The lowest BCUT2D eigenvalue weighted by atomic mass is 9.75. The third-order valence-corrected chi connectivity index (χ3v) is 7.25. The highest BCUT2D eigenvalue weighted by atomic mass is 16.5. The number of aromatic nitrogens is 2. The van der Waals surface area contributed by atoms with Gasteiger partial charge >= 0.3 is 11.9 Å². The van der Waals surface area contributed by atoms with E-state index in [1.807, 2.05) is 13.8 Å². The topological polar surface area (TPSA) is 84.2 Å². The van der Waals surface area contributed by atoms with E-state index in [1.54, 1.807) is 0 Å². The number of ether oxygens (including phenoxy) is 2. The van der Waals surface area contributed by atoms with Gasteiger partial charge in [0.15, 0.2) is 0 Å². The summed E-state index contributed by atoms with van der Waals surface area (Å²) >= 11 is 0. The third-order valence-electron chi connectivity index (χ3n) is 7.25. The summed E-state index contributed by atoms with van der Waals surface area (Å²) in [4.78, 5) is 32.5. The first kappa shape index (κ1) is 25.1. The second-order valence-electron chi connectivity index (χ2n) is 9.06. The zero-order chi connectivity index (χ0) is 24.1. The summed E-state index contributed by atoms with van der Waals surface area (Å²) in [6, 6.07) is 0. The van der Waals surface area contributed by atoms with Crippen molar-refractivity contribution in [2.75, 3.05) is 13.2 Å². The number of rotatable bonds is 9. The van der Waals surface area contributed by atoms with E-state index >= 15 is 0 Å². The van der Waals surface area contributed by atoms with Gasteiger partial charge in [0, 0.05) is 17.3 Å². The summed E-state index contributed by atoms with van der Waals surface area (Å²) in [6.07, 6.45) is 7.45. The Morgan fingerprint density at radius 2 is 1.21 bits per heavy atom. The van der Waals surface area contributed by atoms with Crippen LogP contribution in [0.15, 0.2) is 0 Å². The van der Waals surface area contributed by atoms with E-state index in [4.69, 9.17) is 9.47 Å². The molecule has 2 heterocycles. The minimum atomic E-state index is -0.296. The molecule has 0 spiro atoms. The smallest absolute Gasteiger partial charge is 0.355 e. The predicted molar refractivity (Wildman–Crippen MR) is 130 cm³/mol. The fraction of sp³-hybridized carbons (Fsp3) is 0.630. The molecular weight excluding hydrogens is 416 g/mol. The lowest BCUT2D eigenvalue weighted by Gasteiger charge is -2.31. The lowest BCUT2D eigenvalue weighted by Crippen LogP contribution is -2.20. The first-order chi connectivity index (χ1) is 15.9. The van der Waals surface area contributed by atoms with Crippen LogP contribution in [-0.4, -0.2) is 35.1 Å². The number of hydrogen-bond acceptors (Lipinski definition) is 4. The molecule has 0 bridgehead atoms. The van der Waals surface area contributed by atoms with Crippen LogP contribution in [0.1, 0.15) is 120 Å². The van der Waals surface area contributed by atoms with Crippen LogP contribution >= 0.6 is 0 Å². The molecule has 6 heteroatoms. The van der Waals surface area contributed by atoms with Gasteiger partial charge in [0.05, 0.1) is 13.2 Å². The van der Waals surface area contributed by atoms with Crippen molar-refractivity contribution in [3.63, 3.8) is 0 Å². The number of aromatic amines is 2. The van der Waals surface area contributed by atoms with Crippen molar-refractivity contribution in [2.24, 2.45) is 5.92 Å². The molecule has 2 aromatic heterocycles. The van der Waals surface area contributed by atoms with Crippen molar-refractivity contribution in [1.82, 2.24) is 9.97 Å². The quantitative estimate of drug-likeness (QED) is 0.443. The largest absolute Gasteiger partial charge is 0.461 e. The van der Waals surface area contributed by atoms with Crippen LogP contribution in [-0.2, 0) is 22.3 Å². The van der Waals surface area contributed by atoms with Crippen molar-refractivity contribution < 1.29 is 19.1 Å². The highest BCUT2D eigenvalue weighted by Gasteiger charge is 2.35. The Hall–Kier alpha value is -2.50. The molecular formula is C27H40N2O4. The number of esters is 2. The number of carbonyl (C=O) groups excluding carboxylic acids is 2. The summed E-state index contributed by atoms with van der Waals surface area (Å²) in [5, 5.41) is 0. The van der Waals surface area contributed by atoms with Crippen LogP contribution < -0.4 is 0 Å². The van der Waals surface area contributed by atoms with Crippen LogP contribution in [0.5, 0.6) is 0 Å². The first-order valence-corrected chi connectivity index (χ1v) is 12.7. The standard InChI is InChI=1S/C27H40N2O4/c1-7-19-16(5)22(28-24(19)26(30)32-9-3)21(18-14-12-11-13-15-18)23-17(6)20(8-2)25(29-23)27(31)33-10-4/h18,21,28-29H,7-15H2,1-6H3. The molecule has 1 aliphatic rings. The SMILES string of the molecule is CCOC(=O)c1[nH]c(C(c2[nH]c(C(=O)OCC)c(CC)c2C)C2CCCCC2)c(C)c1CC. The highest BCUT2D eigenvalue weighted by molar-refractivity contribution is 5.91. The first-order valence-electron chi connectivity index (χ1n) is 12.7. The van der Waals surface area contributed by atoms with Crippen LogP contribution in [0.4, 0.5) is 0 Å². The second kappa shape index (κ2) is 11.1. The maximum atomic E-state index is 12.7. The molecule has 0 aromatic carbocycles. The molecule has 2 N–H and O–H groups in total. The minimum Gasteiger partial charge on any atom is -0.461 e. The van der Waals surface area contributed by atoms with E-state index in [-0.39, 0.29) is 17.9 Å². The number of nitrogens with one attached hydrogen (secondary N) is 2. The molecule has 33 heavy (non-hydrogen) atoms. The average Bonchev–Trinajstić information content (AvgIpc) is 3.32. The molecule has 182 valence electrons. The van der Waals surface area contributed by atoms with Crippen LogP contribution in [0.3, 0.4) is 0 Å². The van der Waals surface area contributed by atoms with Gasteiger partial charge in [0.1, 0.15) is 11.4 Å². The van der Waals surface area contributed by atoms with E-state index in [2.05, 4.69) is 37.7 Å². The average molecular weight is 457 g/mol. The Morgan fingerprint density at radius 3 is 1.58 bits per heavy atom. The van der Waals surface area contributed by atoms with Crippen molar-refractivity contribution in [3.05, 3.63) is 45.0 Å². The van der Waals surface area contributed by atoms with Gasteiger partial charge in [-0.05, 0) is 81.5 Å². The molecule has 0 aliphatic heterocycles. The lowest BCUT2D eigenvalue weighted by molar-refractivity contribution is 0.0509. The Balaban J connectivity index is 2.19. The van der Waals surface area contributed by atoms with Gasteiger partial charge in [-0.3, -0.25) is 0 Å². The molecule has 1 fully saturated rings. The van der Waals surface area contributed by atoms with Crippen molar-refractivity contribution in [1.29, 1.82) is 0 Å². The van der Waals surface area contributed by atoms with Crippen LogP contribution in [0.25, 0.3) is 0 Å². The maximum Gasteiger partial charge on any atom is 0.355 e. The molecule has 6 nitrogen and oxygen atoms in total. The summed E-state index contributed by atoms with van der Waals surface area (Å²) in [5.74, 6) is -0.0910. The molecule has 2 aromatic rings. The van der Waals surface area contributed by atoms with Gasteiger partial charge in [0.2, 0.25) is 0 Å². The molecule has 0 amide bonds. The molecule has 0 unspecified atom stereocenters. The maximum absolute atomic E-state index is 12.7. The minimum absolute atomic E-state index is 0.0623. The number of hydrogen-bond donors (Lipinski definition) is 2. The molecule has 0 saturated heterocycles.